The molecular weight excluding hydrogens is 318 g/mol. The summed E-state index contributed by atoms with van der Waals surface area (Å²) in [6.07, 6.45) is 4.98. The van der Waals surface area contributed by atoms with E-state index >= 15 is 0 Å². The Morgan fingerprint density at radius 2 is 2.04 bits per heavy atom. The third-order valence-electron chi connectivity index (χ3n) is 5.26. The van der Waals surface area contributed by atoms with E-state index in [0.717, 1.165) is 42.8 Å². The monoisotopic (exact) mass is 345 g/mol. The molecule has 1 amide bonds. The van der Waals surface area contributed by atoms with Crippen molar-refractivity contribution < 1.29 is 4.79 Å². The summed E-state index contributed by atoms with van der Waals surface area (Å²) in [5.41, 5.74) is 2.50. The van der Waals surface area contributed by atoms with Gasteiger partial charge in [-0.15, -0.1) is 0 Å². The maximum absolute atomic E-state index is 12.7. The first-order valence-corrected chi connectivity index (χ1v) is 8.92. The van der Waals surface area contributed by atoms with Gasteiger partial charge in [0.25, 0.3) is 5.91 Å². The summed E-state index contributed by atoms with van der Waals surface area (Å²) in [5, 5.41) is 7.55. The van der Waals surface area contributed by atoms with Crippen molar-refractivity contribution in [3.8, 4) is 0 Å². The van der Waals surface area contributed by atoms with E-state index in [1.165, 1.54) is 4.68 Å². The molecule has 2 aromatic rings. The Kier molecular flexibility index (Phi) is 4.83. The highest BCUT2D eigenvalue weighted by atomic mass is 16.2. The van der Waals surface area contributed by atoms with E-state index in [-0.39, 0.29) is 17.6 Å². The van der Waals surface area contributed by atoms with Crippen LogP contribution in [0.5, 0.6) is 0 Å². The predicted octanol–water partition coefficient (Wildman–Crippen LogP) is 1.60. The minimum atomic E-state index is -0.108. The lowest BCUT2D eigenvalue weighted by Gasteiger charge is -2.32. The molecule has 0 saturated heterocycles. The zero-order valence-corrected chi connectivity index (χ0v) is 15.4. The average Bonchev–Trinajstić information content (AvgIpc) is 3.03. The van der Waals surface area contributed by atoms with Crippen molar-refractivity contribution in [1.82, 2.24) is 24.6 Å². The van der Waals surface area contributed by atoms with Crippen molar-refractivity contribution in [2.75, 3.05) is 0 Å². The van der Waals surface area contributed by atoms with Crippen LogP contribution in [0, 0.1) is 19.8 Å². The number of hydrogen-bond acceptors (Lipinski definition) is 3. The molecule has 1 fully saturated rings. The average molecular weight is 345 g/mol. The van der Waals surface area contributed by atoms with Crippen LogP contribution in [0.3, 0.4) is 0 Å². The van der Waals surface area contributed by atoms with Gasteiger partial charge in [-0.3, -0.25) is 9.36 Å². The Morgan fingerprint density at radius 3 is 2.64 bits per heavy atom. The molecule has 0 aliphatic heterocycles. The van der Waals surface area contributed by atoms with Crippen LogP contribution in [0.15, 0.2) is 10.9 Å². The lowest BCUT2D eigenvalue weighted by molar-refractivity contribution is 0.0899. The second-order valence-corrected chi connectivity index (χ2v) is 7.22. The molecule has 1 aliphatic carbocycles. The SMILES string of the molecule is Cc1cc(C)c(C(=O)N[C@@H]2CCCC[C@@H]2Cc2nn(C)c(=O)n2C)[nH]1. The molecule has 1 saturated carbocycles. The van der Waals surface area contributed by atoms with Crippen molar-refractivity contribution in [3.05, 3.63) is 39.3 Å². The second kappa shape index (κ2) is 6.90. The van der Waals surface area contributed by atoms with Gasteiger partial charge >= 0.3 is 5.69 Å². The Hall–Kier alpha value is -2.31. The van der Waals surface area contributed by atoms with Crippen LogP contribution in [0.25, 0.3) is 0 Å². The van der Waals surface area contributed by atoms with Crippen LogP contribution in [-0.4, -0.2) is 31.3 Å². The highest BCUT2D eigenvalue weighted by Gasteiger charge is 2.29. The van der Waals surface area contributed by atoms with Crippen LogP contribution in [0.2, 0.25) is 0 Å². The van der Waals surface area contributed by atoms with Gasteiger partial charge in [0.1, 0.15) is 11.5 Å². The molecule has 0 spiro atoms. The molecule has 2 aromatic heterocycles. The number of amides is 1. The van der Waals surface area contributed by atoms with E-state index in [1.54, 1.807) is 18.7 Å². The molecule has 7 heteroatoms. The minimum Gasteiger partial charge on any atom is -0.354 e. The Labute approximate surface area is 147 Å². The van der Waals surface area contributed by atoms with Gasteiger partial charge in [0.05, 0.1) is 0 Å². The summed E-state index contributed by atoms with van der Waals surface area (Å²) in [7, 11) is 3.43. The molecule has 0 unspecified atom stereocenters. The van der Waals surface area contributed by atoms with E-state index in [4.69, 9.17) is 0 Å². The standard InChI is InChI=1S/C18H27N5O2/c1-11-9-12(2)19-16(11)17(24)20-14-8-6-5-7-13(14)10-15-21-23(4)18(25)22(15)3/h9,13-14,19H,5-8,10H2,1-4H3,(H,20,24)/t13-,14-/m1/s1. The maximum atomic E-state index is 12.7. The van der Waals surface area contributed by atoms with Crippen molar-refractivity contribution in [2.45, 2.75) is 52.0 Å². The summed E-state index contributed by atoms with van der Waals surface area (Å²) < 4.78 is 2.97. The molecule has 3 rings (SSSR count). The molecule has 0 bridgehead atoms. The fraction of sp³-hybridized carbons (Fsp3) is 0.611. The number of aryl methyl sites for hydroxylation is 3. The number of nitrogens with one attached hydrogen (secondary N) is 2. The number of hydrogen-bond donors (Lipinski definition) is 2. The van der Waals surface area contributed by atoms with Gasteiger partial charge in [-0.2, -0.15) is 5.10 Å². The number of carbonyl (C=O) groups excluding carboxylic acids is 1. The van der Waals surface area contributed by atoms with E-state index in [1.807, 2.05) is 19.9 Å². The normalized spacial score (nSPS) is 20.6. The van der Waals surface area contributed by atoms with Crippen molar-refractivity contribution in [3.63, 3.8) is 0 Å². The maximum Gasteiger partial charge on any atom is 0.345 e. The van der Waals surface area contributed by atoms with Crippen LogP contribution in [0.4, 0.5) is 0 Å². The first-order valence-electron chi connectivity index (χ1n) is 8.92. The summed E-state index contributed by atoms with van der Waals surface area (Å²) in [6.45, 7) is 3.90. The highest BCUT2D eigenvalue weighted by Crippen LogP contribution is 2.27. The smallest absolute Gasteiger partial charge is 0.345 e. The fourth-order valence-corrected chi connectivity index (χ4v) is 3.87. The number of aromatic amines is 1. The Morgan fingerprint density at radius 1 is 1.32 bits per heavy atom. The largest absolute Gasteiger partial charge is 0.354 e. The van der Waals surface area contributed by atoms with Crippen LogP contribution in [0.1, 0.15) is 53.3 Å². The molecule has 1 aliphatic rings. The van der Waals surface area contributed by atoms with E-state index in [2.05, 4.69) is 15.4 Å². The Balaban J connectivity index is 1.74. The summed E-state index contributed by atoms with van der Waals surface area (Å²) >= 11 is 0. The topological polar surface area (TPSA) is 84.7 Å². The summed E-state index contributed by atoms with van der Waals surface area (Å²) in [5.74, 6) is 1.04. The van der Waals surface area contributed by atoms with Crippen molar-refractivity contribution in [2.24, 2.45) is 20.0 Å². The van der Waals surface area contributed by atoms with Crippen molar-refractivity contribution >= 4 is 5.91 Å². The molecule has 2 heterocycles. The van der Waals surface area contributed by atoms with Crippen molar-refractivity contribution in [1.29, 1.82) is 0 Å². The molecular formula is C18H27N5O2. The summed E-state index contributed by atoms with van der Waals surface area (Å²) in [4.78, 5) is 27.7. The number of nitrogens with zero attached hydrogens (tertiary/aromatic N) is 3. The molecule has 25 heavy (non-hydrogen) atoms. The molecule has 0 aromatic carbocycles. The van der Waals surface area contributed by atoms with Gasteiger partial charge in [0.15, 0.2) is 0 Å². The first-order chi connectivity index (χ1) is 11.9. The quantitative estimate of drug-likeness (QED) is 0.882. The molecule has 2 atom stereocenters. The fourth-order valence-electron chi connectivity index (χ4n) is 3.87. The van der Waals surface area contributed by atoms with Crippen LogP contribution < -0.4 is 11.0 Å². The lowest BCUT2D eigenvalue weighted by Crippen LogP contribution is -2.43. The van der Waals surface area contributed by atoms with Gasteiger partial charge in [-0.25, -0.2) is 9.48 Å². The van der Waals surface area contributed by atoms with Crippen LogP contribution >= 0.6 is 0 Å². The highest BCUT2D eigenvalue weighted by molar-refractivity contribution is 5.94. The zero-order chi connectivity index (χ0) is 18.1. The van der Waals surface area contributed by atoms with E-state index in [9.17, 15) is 9.59 Å². The van der Waals surface area contributed by atoms with Gasteiger partial charge in [0, 0.05) is 32.3 Å². The Bertz CT molecular complexity index is 829. The van der Waals surface area contributed by atoms with Gasteiger partial charge in [0.2, 0.25) is 0 Å². The second-order valence-electron chi connectivity index (χ2n) is 7.22. The number of H-pyrrole nitrogens is 1. The first kappa shape index (κ1) is 17.5. The predicted molar refractivity (Wildman–Crippen MR) is 95.6 cm³/mol. The van der Waals surface area contributed by atoms with Gasteiger partial charge in [-0.1, -0.05) is 12.8 Å². The molecule has 7 nitrogen and oxygen atoms in total. The molecule has 136 valence electrons. The van der Waals surface area contributed by atoms with E-state index < -0.39 is 0 Å². The van der Waals surface area contributed by atoms with E-state index in [0.29, 0.717) is 18.0 Å². The third-order valence-corrected chi connectivity index (χ3v) is 5.26. The van der Waals surface area contributed by atoms with Gasteiger partial charge < -0.3 is 10.3 Å². The minimum absolute atomic E-state index is 0.0441. The molecule has 0 radical (unpaired) electrons. The summed E-state index contributed by atoms with van der Waals surface area (Å²) in [6, 6.07) is 2.10. The molecule has 2 N–H and O–H groups in total. The third kappa shape index (κ3) is 3.55. The number of carbonyl (C=O) groups is 1. The lowest BCUT2D eigenvalue weighted by atomic mass is 9.82. The zero-order valence-electron chi connectivity index (χ0n) is 15.4. The number of rotatable bonds is 4. The van der Waals surface area contributed by atoms with Crippen LogP contribution in [-0.2, 0) is 20.5 Å². The number of aromatic nitrogens is 4. The van der Waals surface area contributed by atoms with Gasteiger partial charge in [-0.05, 0) is 44.2 Å².